The molecule has 0 radical (unpaired) electrons. The van der Waals surface area contributed by atoms with Crippen molar-refractivity contribution < 1.29 is 14.5 Å². The van der Waals surface area contributed by atoms with Crippen molar-refractivity contribution in [3.63, 3.8) is 0 Å². The maximum absolute atomic E-state index is 12.4. The van der Waals surface area contributed by atoms with E-state index in [2.05, 4.69) is 24.4 Å². The Labute approximate surface area is 138 Å². The molecule has 5 nitrogen and oxygen atoms in total. The van der Waals surface area contributed by atoms with Crippen molar-refractivity contribution in [2.24, 2.45) is 0 Å². The van der Waals surface area contributed by atoms with Crippen LogP contribution in [0.3, 0.4) is 0 Å². The first-order valence-electron chi connectivity index (χ1n) is 8.53. The Morgan fingerprint density at radius 3 is 2.43 bits per heavy atom. The highest BCUT2D eigenvalue weighted by molar-refractivity contribution is 5.77. The molecule has 1 aliphatic heterocycles. The molecule has 23 heavy (non-hydrogen) atoms. The molecule has 2 N–H and O–H groups in total. The number of benzene rings is 1. The number of hydrogen-bond donors (Lipinski definition) is 2. The molecule has 1 heterocycles. The molecule has 0 aromatic heterocycles. The lowest BCUT2D eigenvalue weighted by atomic mass is 10.0. The summed E-state index contributed by atoms with van der Waals surface area (Å²) in [6.45, 7) is 7.40. The quantitative estimate of drug-likeness (QED) is 0.797. The van der Waals surface area contributed by atoms with Crippen molar-refractivity contribution >= 4 is 11.8 Å². The number of carbonyl (C=O) groups is 2. The fourth-order valence-corrected chi connectivity index (χ4v) is 3.08. The van der Waals surface area contributed by atoms with E-state index in [9.17, 15) is 9.59 Å². The average Bonchev–Trinajstić information content (AvgIpc) is 2.55. The Balaban J connectivity index is 1.84. The maximum atomic E-state index is 12.4. The first-order chi connectivity index (χ1) is 11.1. The van der Waals surface area contributed by atoms with Gasteiger partial charge in [0.1, 0.15) is 0 Å². The van der Waals surface area contributed by atoms with E-state index in [1.807, 2.05) is 23.1 Å². The number of rotatable bonds is 6. The Bertz CT molecular complexity index is 510. The van der Waals surface area contributed by atoms with Crippen LogP contribution in [0, 0.1) is 0 Å². The van der Waals surface area contributed by atoms with Gasteiger partial charge in [-0.05, 0) is 12.0 Å². The molecule has 126 valence electrons. The summed E-state index contributed by atoms with van der Waals surface area (Å²) in [5.41, 5.74) is 1.17. The fourth-order valence-electron chi connectivity index (χ4n) is 3.08. The molecule has 1 atom stereocenters. The van der Waals surface area contributed by atoms with Gasteiger partial charge >= 0.3 is 0 Å². The second-order valence-corrected chi connectivity index (χ2v) is 6.25. The predicted octanol–water partition coefficient (Wildman–Crippen LogP) is 0.391. The Morgan fingerprint density at radius 2 is 1.87 bits per heavy atom. The molecular formula is C18H28N3O2+. The third-order valence-electron chi connectivity index (χ3n) is 4.44. The summed E-state index contributed by atoms with van der Waals surface area (Å²) in [5, 5.41) is 3.18. The number of hydrogen-bond acceptors (Lipinski definition) is 2. The summed E-state index contributed by atoms with van der Waals surface area (Å²) in [6, 6.07) is 10.2. The van der Waals surface area contributed by atoms with Crippen LogP contribution in [0.5, 0.6) is 0 Å². The Kier molecular flexibility index (Phi) is 6.59. The number of piperazine rings is 1. The Morgan fingerprint density at radius 1 is 1.22 bits per heavy atom. The van der Waals surface area contributed by atoms with Gasteiger partial charge in [-0.25, -0.2) is 0 Å². The molecule has 2 amide bonds. The van der Waals surface area contributed by atoms with Gasteiger partial charge in [0.05, 0.1) is 32.2 Å². The highest BCUT2D eigenvalue weighted by Crippen LogP contribution is 2.17. The minimum Gasteiger partial charge on any atom is -0.344 e. The van der Waals surface area contributed by atoms with Gasteiger partial charge in [-0.15, -0.1) is 0 Å². The van der Waals surface area contributed by atoms with E-state index in [1.165, 1.54) is 10.5 Å². The molecule has 0 unspecified atom stereocenters. The molecule has 1 aromatic rings. The van der Waals surface area contributed by atoms with Crippen LogP contribution in [0.2, 0.25) is 0 Å². The fraction of sp³-hybridized carbons (Fsp3) is 0.556. The summed E-state index contributed by atoms with van der Waals surface area (Å²) in [4.78, 5) is 26.8. The topological polar surface area (TPSA) is 53.9 Å². The largest absolute Gasteiger partial charge is 0.344 e. The third-order valence-corrected chi connectivity index (χ3v) is 4.44. The second kappa shape index (κ2) is 8.67. The van der Waals surface area contributed by atoms with Gasteiger partial charge in [-0.3, -0.25) is 9.59 Å². The first kappa shape index (κ1) is 17.5. The summed E-state index contributed by atoms with van der Waals surface area (Å²) >= 11 is 0. The molecule has 1 aliphatic rings. The van der Waals surface area contributed by atoms with Crippen LogP contribution in [-0.2, 0) is 9.59 Å². The Hall–Kier alpha value is -1.88. The van der Waals surface area contributed by atoms with Gasteiger partial charge in [-0.1, -0.05) is 43.7 Å². The third kappa shape index (κ3) is 5.36. The normalized spacial score (nSPS) is 16.9. The zero-order chi connectivity index (χ0) is 16.7. The van der Waals surface area contributed by atoms with Gasteiger partial charge in [0, 0.05) is 6.92 Å². The van der Waals surface area contributed by atoms with Gasteiger partial charge < -0.3 is 15.1 Å². The molecule has 2 rings (SSSR count). The lowest BCUT2D eigenvalue weighted by molar-refractivity contribution is -0.896. The predicted molar refractivity (Wildman–Crippen MR) is 90.1 cm³/mol. The smallest absolute Gasteiger partial charge is 0.275 e. The number of amides is 2. The van der Waals surface area contributed by atoms with Crippen molar-refractivity contribution in [2.45, 2.75) is 32.7 Å². The average molecular weight is 318 g/mol. The van der Waals surface area contributed by atoms with Crippen LogP contribution in [0.25, 0.3) is 0 Å². The van der Waals surface area contributed by atoms with Crippen LogP contribution in [0.4, 0.5) is 0 Å². The van der Waals surface area contributed by atoms with Crippen molar-refractivity contribution in [2.75, 3.05) is 32.7 Å². The molecule has 0 bridgehead atoms. The lowest BCUT2D eigenvalue weighted by Gasteiger charge is -2.31. The molecule has 1 aromatic carbocycles. The highest BCUT2D eigenvalue weighted by Gasteiger charge is 2.24. The number of nitrogens with zero attached hydrogens (tertiary/aromatic N) is 1. The standard InChI is InChI=1S/C18H27N3O2/c1-3-7-17(16-8-5-4-6-9-16)19-18(23)14-20-10-12-21(13-11-20)15(2)22/h4-6,8-9,17H,3,7,10-14H2,1-2H3,(H,19,23)/p+1/t17-/m1/s1. The van der Waals surface area contributed by atoms with Crippen LogP contribution in [0.1, 0.15) is 38.3 Å². The van der Waals surface area contributed by atoms with Gasteiger partial charge in [0.25, 0.3) is 5.91 Å². The van der Waals surface area contributed by atoms with Gasteiger partial charge in [0.15, 0.2) is 6.54 Å². The highest BCUT2D eigenvalue weighted by atomic mass is 16.2. The summed E-state index contributed by atoms with van der Waals surface area (Å²) in [6.07, 6.45) is 1.98. The van der Waals surface area contributed by atoms with E-state index >= 15 is 0 Å². The van der Waals surface area contributed by atoms with Crippen LogP contribution in [0.15, 0.2) is 30.3 Å². The van der Waals surface area contributed by atoms with E-state index < -0.39 is 0 Å². The van der Waals surface area contributed by atoms with Crippen molar-refractivity contribution in [3.8, 4) is 0 Å². The summed E-state index contributed by atoms with van der Waals surface area (Å²) in [7, 11) is 0. The minimum absolute atomic E-state index is 0.0895. The van der Waals surface area contributed by atoms with Crippen LogP contribution < -0.4 is 10.2 Å². The minimum atomic E-state index is 0.0895. The van der Waals surface area contributed by atoms with E-state index in [4.69, 9.17) is 0 Å². The molecule has 0 saturated carbocycles. The van der Waals surface area contributed by atoms with Crippen LogP contribution in [-0.4, -0.2) is 49.4 Å². The number of quaternary nitrogens is 1. The second-order valence-electron chi connectivity index (χ2n) is 6.25. The molecular weight excluding hydrogens is 290 g/mol. The molecule has 5 heteroatoms. The van der Waals surface area contributed by atoms with Crippen LogP contribution >= 0.6 is 0 Å². The van der Waals surface area contributed by atoms with Gasteiger partial charge in [-0.2, -0.15) is 0 Å². The number of carbonyl (C=O) groups excluding carboxylic acids is 2. The molecule has 1 fully saturated rings. The monoisotopic (exact) mass is 318 g/mol. The number of nitrogens with one attached hydrogen (secondary N) is 2. The van der Waals surface area contributed by atoms with E-state index in [0.29, 0.717) is 6.54 Å². The van der Waals surface area contributed by atoms with E-state index in [-0.39, 0.29) is 17.9 Å². The SMILES string of the molecule is CCC[C@@H](NC(=O)C[NH+]1CCN(C(C)=O)CC1)c1ccccc1. The van der Waals surface area contributed by atoms with Crippen molar-refractivity contribution in [1.82, 2.24) is 10.2 Å². The molecule has 0 aliphatic carbocycles. The van der Waals surface area contributed by atoms with E-state index in [1.54, 1.807) is 6.92 Å². The summed E-state index contributed by atoms with van der Waals surface area (Å²) in [5.74, 6) is 0.221. The van der Waals surface area contributed by atoms with Crippen molar-refractivity contribution in [1.29, 1.82) is 0 Å². The first-order valence-corrected chi connectivity index (χ1v) is 8.53. The maximum Gasteiger partial charge on any atom is 0.275 e. The zero-order valence-corrected chi connectivity index (χ0v) is 14.2. The van der Waals surface area contributed by atoms with E-state index in [0.717, 1.165) is 39.0 Å². The zero-order valence-electron chi connectivity index (χ0n) is 14.2. The van der Waals surface area contributed by atoms with Gasteiger partial charge in [0.2, 0.25) is 5.91 Å². The summed E-state index contributed by atoms with van der Waals surface area (Å²) < 4.78 is 0. The lowest BCUT2D eigenvalue weighted by Crippen LogP contribution is -3.15. The molecule has 0 spiro atoms. The molecule has 1 saturated heterocycles. The van der Waals surface area contributed by atoms with Crippen molar-refractivity contribution in [3.05, 3.63) is 35.9 Å².